The van der Waals surface area contributed by atoms with E-state index in [9.17, 15) is 0 Å². The molecule has 5 rings (SSSR count). The molecule has 3 saturated carbocycles. The van der Waals surface area contributed by atoms with Crippen LogP contribution in [0.25, 0.3) is 0 Å². The van der Waals surface area contributed by atoms with Crippen LogP contribution in [-0.2, 0) is 6.54 Å². The highest BCUT2D eigenvalue weighted by Gasteiger charge is 2.59. The topological polar surface area (TPSA) is 3.88 Å². The van der Waals surface area contributed by atoms with Crippen LogP contribution in [0.1, 0.15) is 112 Å². The molecule has 37 heavy (non-hydrogen) atoms. The molecule has 1 aromatic rings. The molecule has 0 aliphatic heterocycles. The van der Waals surface area contributed by atoms with Gasteiger partial charge in [-0.2, -0.15) is 4.57 Å². The van der Waals surface area contributed by atoms with Crippen LogP contribution in [0.3, 0.4) is 0 Å². The monoisotopic (exact) mass is 540 g/mol. The molecule has 4 aliphatic rings. The van der Waals surface area contributed by atoms with Gasteiger partial charge in [0, 0.05) is 28.2 Å². The second kappa shape index (κ2) is 11.6. The zero-order chi connectivity index (χ0) is 26.2. The number of hydrogen-bond acceptors (Lipinski definition) is 2. The molecule has 1 nitrogen and oxygen atoms in total. The largest absolute Gasteiger partial charge is 0.250 e. The van der Waals surface area contributed by atoms with Crippen molar-refractivity contribution < 1.29 is 4.57 Å². The average Bonchev–Trinajstić information content (AvgIpc) is 3.24. The van der Waals surface area contributed by atoms with Gasteiger partial charge >= 0.3 is 0 Å². The van der Waals surface area contributed by atoms with E-state index in [0.717, 1.165) is 47.3 Å². The number of aromatic nitrogens is 1. The third kappa shape index (κ3) is 5.48. The molecular weight excluding hydrogens is 487 g/mol. The SMILES string of the molecule is CC[n+]1ccccc1SSC1CC[C@@]2(C)C(=CC[C@H]3[C@@H]4CC[C@H]([C@H](C)CCCC(C)C)[C@@]4(C)CC[C@@H]32)C1. The molecule has 1 heterocycles. The Morgan fingerprint density at radius 2 is 1.84 bits per heavy atom. The maximum Gasteiger partial charge on any atom is 0.250 e. The molecule has 1 aromatic heterocycles. The first-order valence-corrected chi connectivity index (χ1v) is 18.0. The van der Waals surface area contributed by atoms with Crippen LogP contribution in [0.4, 0.5) is 0 Å². The first-order valence-electron chi connectivity index (χ1n) is 15.8. The van der Waals surface area contributed by atoms with Gasteiger partial charge in [0.05, 0.1) is 0 Å². The molecule has 1 unspecified atom stereocenters. The second-order valence-electron chi connectivity index (χ2n) is 14.2. The highest BCUT2D eigenvalue weighted by atomic mass is 33.1. The van der Waals surface area contributed by atoms with E-state index < -0.39 is 0 Å². The number of nitrogens with zero attached hydrogens (tertiary/aromatic N) is 1. The van der Waals surface area contributed by atoms with E-state index in [4.69, 9.17) is 0 Å². The molecular formula is C34H54NS2+. The lowest BCUT2D eigenvalue weighted by Crippen LogP contribution is -2.50. The van der Waals surface area contributed by atoms with Gasteiger partial charge in [0.2, 0.25) is 0 Å². The van der Waals surface area contributed by atoms with Gasteiger partial charge in [0.25, 0.3) is 5.03 Å². The van der Waals surface area contributed by atoms with Gasteiger partial charge in [0.15, 0.2) is 6.20 Å². The minimum Gasteiger partial charge on any atom is -0.193 e. The Bertz CT molecular complexity index is 955. The maximum absolute atomic E-state index is 2.78. The summed E-state index contributed by atoms with van der Waals surface area (Å²) >= 11 is 0. The Hall–Kier alpha value is -0.410. The molecule has 4 aliphatic carbocycles. The molecule has 0 amide bonds. The van der Waals surface area contributed by atoms with Gasteiger partial charge in [-0.25, -0.2) is 0 Å². The summed E-state index contributed by atoms with van der Waals surface area (Å²) in [6.45, 7) is 16.1. The van der Waals surface area contributed by atoms with Crippen LogP contribution in [0, 0.1) is 46.3 Å². The Morgan fingerprint density at radius 1 is 1.00 bits per heavy atom. The molecule has 0 bridgehead atoms. The number of allylic oxidation sites excluding steroid dienone is 2. The van der Waals surface area contributed by atoms with E-state index in [-0.39, 0.29) is 0 Å². The lowest BCUT2D eigenvalue weighted by atomic mass is 9.47. The van der Waals surface area contributed by atoms with Crippen molar-refractivity contribution in [3.05, 3.63) is 36.0 Å². The van der Waals surface area contributed by atoms with Crippen molar-refractivity contribution in [2.75, 3.05) is 0 Å². The summed E-state index contributed by atoms with van der Waals surface area (Å²) in [7, 11) is 4.16. The van der Waals surface area contributed by atoms with Crippen molar-refractivity contribution in [1.29, 1.82) is 0 Å². The quantitative estimate of drug-likeness (QED) is 0.174. The number of fused-ring (bicyclic) bond motifs is 5. The highest BCUT2D eigenvalue weighted by molar-refractivity contribution is 8.76. The van der Waals surface area contributed by atoms with Crippen LogP contribution in [0.2, 0.25) is 0 Å². The van der Waals surface area contributed by atoms with E-state index in [1.807, 2.05) is 16.4 Å². The van der Waals surface area contributed by atoms with Gasteiger partial charge in [-0.3, -0.25) is 0 Å². The number of aryl methyl sites for hydroxylation is 1. The molecule has 0 saturated heterocycles. The molecule has 0 spiro atoms. The molecule has 0 aromatic carbocycles. The Morgan fingerprint density at radius 3 is 2.62 bits per heavy atom. The molecule has 3 heteroatoms. The summed E-state index contributed by atoms with van der Waals surface area (Å²) in [5.74, 6) is 5.61. The highest BCUT2D eigenvalue weighted by Crippen LogP contribution is 2.67. The van der Waals surface area contributed by atoms with Gasteiger partial charge in [-0.05, 0) is 111 Å². The fraction of sp³-hybridized carbons (Fsp3) is 0.794. The lowest BCUT2D eigenvalue weighted by Gasteiger charge is -2.58. The minimum absolute atomic E-state index is 0.475. The van der Waals surface area contributed by atoms with E-state index in [0.29, 0.717) is 10.8 Å². The third-order valence-electron chi connectivity index (χ3n) is 11.8. The maximum atomic E-state index is 2.78. The molecule has 0 N–H and O–H groups in total. The van der Waals surface area contributed by atoms with Gasteiger partial charge in [-0.15, -0.1) is 0 Å². The number of hydrogen-bond donors (Lipinski definition) is 0. The second-order valence-corrected chi connectivity index (χ2v) is 16.7. The summed E-state index contributed by atoms with van der Waals surface area (Å²) in [4.78, 5) is 0. The standard InChI is InChI=1S/C34H54NS2/c1-7-35-22-9-8-13-32(35)37-36-27-18-20-33(5)26(23-27)14-15-28-30-17-16-29(25(4)12-10-11-24(2)3)34(30,6)21-19-31(28)33/h8-9,13-14,22,24-25,27-31H,7,10-12,15-21,23H2,1-6H3/q+1/t25-,27?,28+,29-,30+,31+,33+,34-/m1/s1. The number of pyridine rings is 1. The van der Waals surface area contributed by atoms with Gasteiger partial charge < -0.3 is 0 Å². The van der Waals surface area contributed by atoms with Crippen LogP contribution >= 0.6 is 21.6 Å². The summed E-state index contributed by atoms with van der Waals surface area (Å²) in [5, 5.41) is 2.17. The van der Waals surface area contributed by atoms with E-state index in [1.165, 1.54) is 75.7 Å². The van der Waals surface area contributed by atoms with Crippen molar-refractivity contribution in [2.45, 2.75) is 129 Å². The van der Waals surface area contributed by atoms with Crippen molar-refractivity contribution in [1.82, 2.24) is 0 Å². The Kier molecular flexibility index (Phi) is 8.82. The predicted molar refractivity (Wildman–Crippen MR) is 163 cm³/mol. The van der Waals surface area contributed by atoms with Crippen LogP contribution in [0.15, 0.2) is 41.1 Å². The van der Waals surface area contributed by atoms with Crippen molar-refractivity contribution in [3.8, 4) is 0 Å². The van der Waals surface area contributed by atoms with Crippen molar-refractivity contribution in [2.24, 2.45) is 46.3 Å². The number of rotatable bonds is 9. The first kappa shape index (κ1) is 28.1. The first-order chi connectivity index (χ1) is 17.8. The normalized spacial score (nSPS) is 38.0. The summed E-state index contributed by atoms with van der Waals surface area (Å²) in [6.07, 6.45) is 20.8. The zero-order valence-corrected chi connectivity index (χ0v) is 26.3. The van der Waals surface area contributed by atoms with Crippen LogP contribution < -0.4 is 4.57 Å². The fourth-order valence-electron chi connectivity index (χ4n) is 9.65. The van der Waals surface area contributed by atoms with Crippen LogP contribution in [-0.4, -0.2) is 5.25 Å². The Labute approximate surface area is 236 Å². The van der Waals surface area contributed by atoms with Crippen molar-refractivity contribution >= 4 is 21.6 Å². The molecule has 8 atom stereocenters. The van der Waals surface area contributed by atoms with Gasteiger partial charge in [0.1, 0.15) is 6.54 Å². The van der Waals surface area contributed by atoms with Gasteiger partial charge in [-0.1, -0.05) is 76.3 Å². The Balaban J connectivity index is 1.23. The summed E-state index contributed by atoms with van der Waals surface area (Å²) in [6, 6.07) is 6.63. The lowest BCUT2D eigenvalue weighted by molar-refractivity contribution is -0.729. The predicted octanol–water partition coefficient (Wildman–Crippen LogP) is 10.1. The molecule has 3 fully saturated rings. The summed E-state index contributed by atoms with van der Waals surface area (Å²) < 4.78 is 2.38. The third-order valence-corrected chi connectivity index (χ3v) is 14.7. The van der Waals surface area contributed by atoms with E-state index in [2.05, 4.69) is 87.4 Å². The van der Waals surface area contributed by atoms with Crippen molar-refractivity contribution in [3.63, 3.8) is 0 Å². The average molecular weight is 541 g/mol. The molecule has 206 valence electrons. The van der Waals surface area contributed by atoms with E-state index in [1.54, 1.807) is 0 Å². The minimum atomic E-state index is 0.475. The zero-order valence-electron chi connectivity index (χ0n) is 24.7. The fourth-order valence-corrected chi connectivity index (χ4v) is 12.4. The molecule has 0 radical (unpaired) electrons. The van der Waals surface area contributed by atoms with E-state index >= 15 is 0 Å². The van der Waals surface area contributed by atoms with Crippen LogP contribution in [0.5, 0.6) is 0 Å². The smallest absolute Gasteiger partial charge is 0.193 e. The summed E-state index contributed by atoms with van der Waals surface area (Å²) in [5.41, 5.74) is 2.92.